The number of rotatable bonds is 3. The van der Waals surface area contributed by atoms with Crippen molar-refractivity contribution < 1.29 is 17.9 Å². The molecule has 2 amide bonds. The van der Waals surface area contributed by atoms with Gasteiger partial charge in [-0.25, -0.2) is 17.9 Å². The van der Waals surface area contributed by atoms with E-state index in [2.05, 4.69) is 4.72 Å². The highest BCUT2D eigenvalue weighted by atomic mass is 32.2. The van der Waals surface area contributed by atoms with Gasteiger partial charge in [-0.1, -0.05) is 0 Å². The lowest BCUT2D eigenvalue weighted by molar-refractivity contribution is 0.0946. The fraction of sp³-hybridized carbons (Fsp3) is 0.923. The molecule has 0 spiro atoms. The highest BCUT2D eigenvalue weighted by molar-refractivity contribution is 7.88. The summed E-state index contributed by atoms with van der Waals surface area (Å²) in [7, 11) is -3.18. The molecule has 7 nitrogen and oxygen atoms in total. The molecule has 0 aromatic heterocycles. The van der Waals surface area contributed by atoms with E-state index < -0.39 is 10.0 Å². The normalized spacial score (nSPS) is 32.7. The average Bonchev–Trinajstić information content (AvgIpc) is 3.11. The van der Waals surface area contributed by atoms with E-state index in [0.717, 1.165) is 32.2 Å². The van der Waals surface area contributed by atoms with Crippen LogP contribution in [0.5, 0.6) is 0 Å². The van der Waals surface area contributed by atoms with Gasteiger partial charge in [-0.05, 0) is 12.8 Å². The second kappa shape index (κ2) is 5.73. The number of nitrogens with zero attached hydrogens (tertiary/aromatic N) is 2. The third-order valence-electron chi connectivity index (χ3n) is 4.69. The molecule has 0 saturated carbocycles. The minimum atomic E-state index is -3.18. The zero-order valence-corrected chi connectivity index (χ0v) is 13.1. The summed E-state index contributed by atoms with van der Waals surface area (Å²) in [5.41, 5.74) is 0. The number of nitrogens with one attached hydrogen (secondary N) is 1. The van der Waals surface area contributed by atoms with Crippen LogP contribution >= 0.6 is 0 Å². The van der Waals surface area contributed by atoms with Crippen LogP contribution < -0.4 is 4.72 Å². The number of urea groups is 1. The van der Waals surface area contributed by atoms with E-state index >= 15 is 0 Å². The highest BCUT2D eigenvalue weighted by Crippen LogP contribution is 2.34. The molecule has 0 radical (unpaired) electrons. The van der Waals surface area contributed by atoms with Crippen molar-refractivity contribution in [3.05, 3.63) is 0 Å². The molecule has 1 N–H and O–H groups in total. The van der Waals surface area contributed by atoms with Crippen molar-refractivity contribution in [1.82, 2.24) is 14.5 Å². The number of hydrogen-bond donors (Lipinski definition) is 1. The Morgan fingerprint density at radius 1 is 1.24 bits per heavy atom. The fourth-order valence-electron chi connectivity index (χ4n) is 3.53. The molecule has 3 saturated heterocycles. The first-order valence-electron chi connectivity index (χ1n) is 7.54. The van der Waals surface area contributed by atoms with Crippen LogP contribution in [0.15, 0.2) is 0 Å². The molecule has 3 heterocycles. The van der Waals surface area contributed by atoms with Gasteiger partial charge in [0.1, 0.15) is 0 Å². The van der Waals surface area contributed by atoms with Crippen LogP contribution in [0.3, 0.4) is 0 Å². The quantitative estimate of drug-likeness (QED) is 0.775. The third kappa shape index (κ3) is 3.32. The number of hydrogen-bond acceptors (Lipinski definition) is 4. The molecule has 3 atom stereocenters. The first-order chi connectivity index (χ1) is 9.94. The zero-order valence-electron chi connectivity index (χ0n) is 12.3. The number of amides is 2. The van der Waals surface area contributed by atoms with Gasteiger partial charge >= 0.3 is 6.03 Å². The molecule has 120 valence electrons. The molecule has 21 heavy (non-hydrogen) atoms. The number of carbonyl (C=O) groups is 1. The summed E-state index contributed by atoms with van der Waals surface area (Å²) in [5, 5.41) is 0. The minimum Gasteiger partial charge on any atom is -0.376 e. The third-order valence-corrected chi connectivity index (χ3v) is 5.38. The summed E-state index contributed by atoms with van der Waals surface area (Å²) in [6.45, 7) is 3.98. The van der Waals surface area contributed by atoms with E-state index in [1.807, 2.05) is 9.80 Å². The van der Waals surface area contributed by atoms with Crippen LogP contribution in [0.2, 0.25) is 0 Å². The summed E-state index contributed by atoms with van der Waals surface area (Å²) < 4.78 is 30.7. The molecule has 0 unspecified atom stereocenters. The van der Waals surface area contributed by atoms with Gasteiger partial charge in [-0.15, -0.1) is 0 Å². The van der Waals surface area contributed by atoms with E-state index in [9.17, 15) is 13.2 Å². The summed E-state index contributed by atoms with van der Waals surface area (Å²) in [6.07, 6.45) is 3.40. The Bertz CT molecular complexity index is 504. The van der Waals surface area contributed by atoms with Gasteiger partial charge < -0.3 is 14.5 Å². The Morgan fingerprint density at radius 3 is 2.62 bits per heavy atom. The standard InChI is InChI=1S/C13H23N3O4S/c1-21(18,19)14-6-10-9-20-12-8-16(7-11(10)12)13(17)15-4-2-3-5-15/h10-12,14H,2-9H2,1H3/t10-,11+,12+/m1/s1. The van der Waals surface area contributed by atoms with E-state index in [0.29, 0.717) is 26.2 Å². The summed E-state index contributed by atoms with van der Waals surface area (Å²) in [5.74, 6) is 0.395. The first-order valence-corrected chi connectivity index (χ1v) is 9.43. The Balaban J connectivity index is 1.56. The van der Waals surface area contributed by atoms with Crippen molar-refractivity contribution in [2.45, 2.75) is 18.9 Å². The smallest absolute Gasteiger partial charge is 0.320 e. The maximum atomic E-state index is 12.4. The van der Waals surface area contributed by atoms with E-state index in [-0.39, 0.29) is 24.0 Å². The van der Waals surface area contributed by atoms with Crippen molar-refractivity contribution in [2.24, 2.45) is 11.8 Å². The Labute approximate surface area is 125 Å². The Morgan fingerprint density at radius 2 is 1.95 bits per heavy atom. The summed E-state index contributed by atoms with van der Waals surface area (Å²) >= 11 is 0. The van der Waals surface area contributed by atoms with Crippen LogP contribution in [0.1, 0.15) is 12.8 Å². The monoisotopic (exact) mass is 317 g/mol. The highest BCUT2D eigenvalue weighted by Gasteiger charge is 2.46. The maximum absolute atomic E-state index is 12.4. The zero-order chi connectivity index (χ0) is 15.0. The fourth-order valence-corrected chi connectivity index (χ4v) is 4.05. The molecule has 0 aliphatic carbocycles. The molecule has 0 bridgehead atoms. The minimum absolute atomic E-state index is 0.0583. The molecule has 8 heteroatoms. The average molecular weight is 317 g/mol. The summed E-state index contributed by atoms with van der Waals surface area (Å²) in [4.78, 5) is 16.2. The molecular formula is C13H23N3O4S. The van der Waals surface area contributed by atoms with Crippen molar-refractivity contribution in [3.8, 4) is 0 Å². The van der Waals surface area contributed by atoms with E-state index in [1.54, 1.807) is 0 Å². The van der Waals surface area contributed by atoms with Crippen LogP contribution in [-0.2, 0) is 14.8 Å². The largest absolute Gasteiger partial charge is 0.376 e. The van der Waals surface area contributed by atoms with E-state index in [4.69, 9.17) is 4.74 Å². The van der Waals surface area contributed by atoms with Gasteiger partial charge in [0.2, 0.25) is 10.0 Å². The van der Waals surface area contributed by atoms with Crippen LogP contribution in [0.4, 0.5) is 4.79 Å². The number of sulfonamides is 1. The predicted molar refractivity (Wildman–Crippen MR) is 77.3 cm³/mol. The lowest BCUT2D eigenvalue weighted by Gasteiger charge is -2.25. The van der Waals surface area contributed by atoms with Gasteiger partial charge in [-0.2, -0.15) is 0 Å². The number of likely N-dealkylation sites (tertiary alicyclic amines) is 2. The van der Waals surface area contributed by atoms with Crippen molar-refractivity contribution in [3.63, 3.8) is 0 Å². The first kappa shape index (κ1) is 15.1. The van der Waals surface area contributed by atoms with Gasteiger partial charge in [0, 0.05) is 44.6 Å². The van der Waals surface area contributed by atoms with Gasteiger partial charge in [0.15, 0.2) is 0 Å². The lowest BCUT2D eigenvalue weighted by atomic mass is 9.93. The molecule has 3 rings (SSSR count). The van der Waals surface area contributed by atoms with E-state index in [1.165, 1.54) is 0 Å². The van der Waals surface area contributed by atoms with Gasteiger partial charge in [0.25, 0.3) is 0 Å². The van der Waals surface area contributed by atoms with Crippen LogP contribution in [0, 0.1) is 11.8 Å². The molecule has 3 fully saturated rings. The SMILES string of the molecule is CS(=O)(=O)NC[C@@H]1CO[C@H]2CN(C(=O)N3CCCC3)C[C@@H]12. The molecule has 3 aliphatic heterocycles. The number of ether oxygens (including phenoxy) is 1. The maximum Gasteiger partial charge on any atom is 0.320 e. The molecule has 3 aliphatic rings. The lowest BCUT2D eigenvalue weighted by Crippen LogP contribution is -2.42. The second-order valence-corrected chi connectivity index (χ2v) is 8.13. The van der Waals surface area contributed by atoms with Crippen molar-refractivity contribution in [2.75, 3.05) is 45.6 Å². The van der Waals surface area contributed by atoms with Gasteiger partial charge in [-0.3, -0.25) is 0 Å². The molecule has 0 aromatic carbocycles. The topological polar surface area (TPSA) is 79.0 Å². The van der Waals surface area contributed by atoms with Crippen molar-refractivity contribution >= 4 is 16.1 Å². The Kier molecular flexibility index (Phi) is 4.11. The number of carbonyl (C=O) groups excluding carboxylic acids is 1. The summed E-state index contributed by atoms with van der Waals surface area (Å²) in [6, 6.07) is 0.111. The molecule has 0 aromatic rings. The van der Waals surface area contributed by atoms with Gasteiger partial charge in [0.05, 0.1) is 19.0 Å². The Hall–Kier alpha value is -0.860. The second-order valence-electron chi connectivity index (χ2n) is 6.30. The van der Waals surface area contributed by atoms with Crippen LogP contribution in [0.25, 0.3) is 0 Å². The predicted octanol–water partition coefficient (Wildman–Crippen LogP) is -0.302. The van der Waals surface area contributed by atoms with Crippen LogP contribution in [-0.4, -0.2) is 75.9 Å². The van der Waals surface area contributed by atoms with Crippen molar-refractivity contribution in [1.29, 1.82) is 0 Å². The molecular weight excluding hydrogens is 294 g/mol. The number of fused-ring (bicyclic) bond motifs is 1.